The molecule has 0 radical (unpaired) electrons. The van der Waals surface area contributed by atoms with Gasteiger partial charge in [-0.15, -0.1) is 0 Å². The fourth-order valence-electron chi connectivity index (χ4n) is 2.35. The van der Waals surface area contributed by atoms with Crippen molar-refractivity contribution >= 4 is 27.3 Å². The van der Waals surface area contributed by atoms with Crippen LogP contribution in [0, 0.1) is 10.1 Å². The Labute approximate surface area is 157 Å². The molecule has 9 nitrogen and oxygen atoms in total. The van der Waals surface area contributed by atoms with Crippen LogP contribution in [0.25, 0.3) is 0 Å². The van der Waals surface area contributed by atoms with Gasteiger partial charge in [-0.05, 0) is 17.7 Å². The van der Waals surface area contributed by atoms with E-state index in [2.05, 4.69) is 10.6 Å². The van der Waals surface area contributed by atoms with Crippen molar-refractivity contribution in [3.05, 3.63) is 64.2 Å². The van der Waals surface area contributed by atoms with E-state index in [-0.39, 0.29) is 22.8 Å². The summed E-state index contributed by atoms with van der Waals surface area (Å²) in [6, 6.07) is 12.7. The zero-order chi connectivity index (χ0) is 20.0. The van der Waals surface area contributed by atoms with Gasteiger partial charge in [0.1, 0.15) is 5.69 Å². The number of hydrogen-bond acceptors (Lipinski definition) is 6. The molecule has 0 aliphatic heterocycles. The fourth-order valence-corrected chi connectivity index (χ4v) is 3.50. The molecule has 2 aromatic carbocycles. The number of anilines is 1. The second-order valence-corrected chi connectivity index (χ2v) is 7.75. The third kappa shape index (κ3) is 5.02. The Morgan fingerprint density at radius 3 is 2.44 bits per heavy atom. The van der Waals surface area contributed by atoms with Crippen LogP contribution in [0.15, 0.2) is 53.4 Å². The summed E-state index contributed by atoms with van der Waals surface area (Å²) in [6.45, 7) is -0.132. The molecule has 0 spiro atoms. The van der Waals surface area contributed by atoms with Crippen LogP contribution in [0.5, 0.6) is 0 Å². The minimum absolute atomic E-state index is 0.196. The summed E-state index contributed by atoms with van der Waals surface area (Å²) < 4.78 is 26.1. The van der Waals surface area contributed by atoms with Crippen molar-refractivity contribution in [2.45, 2.75) is 11.4 Å². The number of benzene rings is 2. The van der Waals surface area contributed by atoms with Crippen LogP contribution in [0.2, 0.25) is 0 Å². The molecule has 0 bridgehead atoms. The van der Waals surface area contributed by atoms with Crippen LogP contribution in [-0.4, -0.2) is 44.2 Å². The Morgan fingerprint density at radius 2 is 1.85 bits per heavy atom. The Bertz CT molecular complexity index is 932. The zero-order valence-electron chi connectivity index (χ0n) is 14.9. The number of nitro groups is 1. The topological polar surface area (TPSA) is 122 Å². The summed E-state index contributed by atoms with van der Waals surface area (Å²) >= 11 is 0. The van der Waals surface area contributed by atoms with Gasteiger partial charge in [0.25, 0.3) is 5.69 Å². The van der Waals surface area contributed by atoms with E-state index in [1.807, 2.05) is 30.3 Å². The van der Waals surface area contributed by atoms with Crippen molar-refractivity contribution in [2.24, 2.45) is 0 Å². The van der Waals surface area contributed by atoms with E-state index in [1.54, 1.807) is 0 Å². The lowest BCUT2D eigenvalue weighted by molar-refractivity contribution is -0.384. The Hall–Kier alpha value is -2.98. The van der Waals surface area contributed by atoms with Crippen molar-refractivity contribution in [3.8, 4) is 0 Å². The molecule has 10 heteroatoms. The molecule has 0 aliphatic carbocycles. The van der Waals surface area contributed by atoms with Gasteiger partial charge in [0.2, 0.25) is 15.9 Å². The molecule has 0 fully saturated rings. The monoisotopic (exact) mass is 392 g/mol. The SMILES string of the molecule is CNc1ccc(S(=O)(=O)N(C)CC(=O)NCc2ccccc2)cc1[N+](=O)[O-]. The minimum atomic E-state index is -4.06. The number of carbonyl (C=O) groups excluding carboxylic acids is 1. The normalized spacial score (nSPS) is 11.2. The van der Waals surface area contributed by atoms with Crippen molar-refractivity contribution < 1.29 is 18.1 Å². The van der Waals surface area contributed by atoms with Crippen molar-refractivity contribution in [3.63, 3.8) is 0 Å². The minimum Gasteiger partial charge on any atom is -0.383 e. The lowest BCUT2D eigenvalue weighted by atomic mass is 10.2. The van der Waals surface area contributed by atoms with Crippen molar-refractivity contribution in [2.75, 3.05) is 26.0 Å². The number of rotatable bonds is 8. The first kappa shape index (κ1) is 20.3. The molecule has 0 heterocycles. The molecule has 2 rings (SSSR count). The van der Waals surface area contributed by atoms with E-state index in [0.29, 0.717) is 0 Å². The number of amides is 1. The lowest BCUT2D eigenvalue weighted by Crippen LogP contribution is -2.38. The third-order valence-corrected chi connectivity index (χ3v) is 5.64. The second-order valence-electron chi connectivity index (χ2n) is 5.71. The Morgan fingerprint density at radius 1 is 1.19 bits per heavy atom. The number of nitrogens with zero attached hydrogens (tertiary/aromatic N) is 2. The highest BCUT2D eigenvalue weighted by molar-refractivity contribution is 7.89. The maximum absolute atomic E-state index is 12.6. The molecule has 0 saturated heterocycles. The van der Waals surface area contributed by atoms with Crippen molar-refractivity contribution in [1.82, 2.24) is 9.62 Å². The van der Waals surface area contributed by atoms with Gasteiger partial charge in [-0.1, -0.05) is 30.3 Å². The molecule has 27 heavy (non-hydrogen) atoms. The zero-order valence-corrected chi connectivity index (χ0v) is 15.7. The average Bonchev–Trinajstić information content (AvgIpc) is 2.66. The lowest BCUT2D eigenvalue weighted by Gasteiger charge is -2.17. The van der Waals surface area contributed by atoms with Gasteiger partial charge in [-0.3, -0.25) is 14.9 Å². The summed E-state index contributed by atoms with van der Waals surface area (Å²) in [5, 5.41) is 16.4. The van der Waals surface area contributed by atoms with Gasteiger partial charge in [0.15, 0.2) is 0 Å². The smallest absolute Gasteiger partial charge is 0.293 e. The van der Waals surface area contributed by atoms with Gasteiger partial charge >= 0.3 is 0 Å². The summed E-state index contributed by atoms with van der Waals surface area (Å²) in [7, 11) is -1.31. The molecule has 0 aliphatic rings. The standard InChI is InChI=1S/C17H20N4O5S/c1-18-15-9-8-14(10-16(15)21(23)24)27(25,26)20(2)12-17(22)19-11-13-6-4-3-5-7-13/h3-10,18H,11-12H2,1-2H3,(H,19,22). The number of carbonyl (C=O) groups is 1. The van der Waals surface area contributed by atoms with Gasteiger partial charge in [-0.25, -0.2) is 8.42 Å². The van der Waals surface area contributed by atoms with Crippen LogP contribution in [-0.2, 0) is 21.4 Å². The highest BCUT2D eigenvalue weighted by atomic mass is 32.2. The highest BCUT2D eigenvalue weighted by Crippen LogP contribution is 2.28. The van der Waals surface area contributed by atoms with Crippen LogP contribution in [0.3, 0.4) is 0 Å². The first-order chi connectivity index (χ1) is 12.8. The van der Waals surface area contributed by atoms with Crippen LogP contribution < -0.4 is 10.6 Å². The highest BCUT2D eigenvalue weighted by Gasteiger charge is 2.26. The van der Waals surface area contributed by atoms with E-state index < -0.39 is 27.4 Å². The average molecular weight is 392 g/mol. The quantitative estimate of drug-likeness (QED) is 0.519. The van der Waals surface area contributed by atoms with E-state index >= 15 is 0 Å². The van der Waals surface area contributed by atoms with E-state index in [9.17, 15) is 23.3 Å². The molecule has 1 amide bonds. The first-order valence-corrected chi connectivity index (χ1v) is 9.43. The number of hydrogen-bond donors (Lipinski definition) is 2. The maximum Gasteiger partial charge on any atom is 0.293 e. The van der Waals surface area contributed by atoms with Crippen LogP contribution in [0.4, 0.5) is 11.4 Å². The van der Waals surface area contributed by atoms with E-state index in [1.165, 1.54) is 26.2 Å². The molecule has 0 aromatic heterocycles. The number of nitrogens with one attached hydrogen (secondary N) is 2. The molecule has 2 aromatic rings. The second kappa shape index (κ2) is 8.60. The van der Waals surface area contributed by atoms with E-state index in [4.69, 9.17) is 0 Å². The van der Waals surface area contributed by atoms with Gasteiger partial charge in [-0.2, -0.15) is 4.31 Å². The molecular weight excluding hydrogens is 372 g/mol. The number of sulfonamides is 1. The predicted octanol–water partition coefficient (Wildman–Crippen LogP) is 1.57. The molecule has 0 saturated carbocycles. The maximum atomic E-state index is 12.6. The molecule has 2 N–H and O–H groups in total. The molecular formula is C17H20N4O5S. The fraction of sp³-hybridized carbons (Fsp3) is 0.235. The Balaban J connectivity index is 2.10. The van der Waals surface area contributed by atoms with Crippen LogP contribution >= 0.6 is 0 Å². The van der Waals surface area contributed by atoms with E-state index in [0.717, 1.165) is 15.9 Å². The number of nitro benzene ring substituents is 1. The molecule has 0 atom stereocenters. The largest absolute Gasteiger partial charge is 0.383 e. The summed E-state index contributed by atoms with van der Waals surface area (Å²) in [6.07, 6.45) is 0. The summed E-state index contributed by atoms with van der Waals surface area (Å²) in [5.74, 6) is -0.480. The first-order valence-electron chi connectivity index (χ1n) is 7.99. The third-order valence-electron chi connectivity index (χ3n) is 3.84. The van der Waals surface area contributed by atoms with Crippen molar-refractivity contribution in [1.29, 1.82) is 0 Å². The number of likely N-dealkylation sites (N-methyl/N-ethyl adjacent to an activating group) is 1. The Kier molecular flexibility index (Phi) is 6.48. The van der Waals surface area contributed by atoms with Gasteiger partial charge in [0, 0.05) is 26.7 Å². The van der Waals surface area contributed by atoms with Gasteiger partial charge in [0.05, 0.1) is 16.4 Å². The summed E-state index contributed by atoms with van der Waals surface area (Å²) in [4.78, 5) is 22.2. The van der Waals surface area contributed by atoms with Crippen LogP contribution in [0.1, 0.15) is 5.56 Å². The molecule has 144 valence electrons. The predicted molar refractivity (Wildman–Crippen MR) is 101 cm³/mol. The summed E-state index contributed by atoms with van der Waals surface area (Å²) in [5.41, 5.74) is 0.720. The molecule has 0 unspecified atom stereocenters. The van der Waals surface area contributed by atoms with Gasteiger partial charge < -0.3 is 10.6 Å².